The minimum absolute atomic E-state index is 0.0283. The second-order valence-corrected chi connectivity index (χ2v) is 16.3. The first-order valence-corrected chi connectivity index (χ1v) is 14.1. The number of esters is 1. The second kappa shape index (κ2) is 8.48. The number of ether oxygens (including phenoxy) is 1. The number of nitrogens with zero attached hydrogens (tertiary/aromatic N) is 1. The molecule has 7 heteroatoms. The van der Waals surface area contributed by atoms with Crippen LogP contribution in [-0.2, 0) is 18.8 Å². The predicted molar refractivity (Wildman–Crippen MR) is 125 cm³/mol. The number of β-lactam (4-membered cyclic amide) rings is 1. The zero-order valence-electron chi connectivity index (χ0n) is 20.9. The molecule has 1 saturated heterocycles. The zero-order valence-corrected chi connectivity index (χ0v) is 21.9. The largest absolute Gasteiger partial charge is 0.457 e. The molecule has 176 valence electrons. The fourth-order valence-corrected chi connectivity index (χ4v) is 5.75. The highest BCUT2D eigenvalue weighted by Gasteiger charge is 2.62. The van der Waals surface area contributed by atoms with E-state index in [-0.39, 0.29) is 47.2 Å². The Morgan fingerprint density at radius 3 is 2.26 bits per heavy atom. The van der Waals surface area contributed by atoms with E-state index >= 15 is 0 Å². The number of amides is 1. The minimum Gasteiger partial charge on any atom is -0.457 e. The Kier molecular flexibility index (Phi) is 7.06. The molecule has 2 heterocycles. The van der Waals surface area contributed by atoms with Gasteiger partial charge >= 0.3 is 5.97 Å². The molecule has 0 aromatic rings. The lowest BCUT2D eigenvalue weighted by atomic mass is 9.74. The molecule has 2 rings (SSSR count). The molecule has 1 amide bonds. The van der Waals surface area contributed by atoms with Gasteiger partial charge < -0.3 is 19.2 Å². The highest BCUT2D eigenvalue weighted by molar-refractivity contribution is 6.74. The summed E-state index contributed by atoms with van der Waals surface area (Å²) in [4.78, 5) is 27.7. The van der Waals surface area contributed by atoms with Gasteiger partial charge in [0.15, 0.2) is 8.32 Å². The van der Waals surface area contributed by atoms with Crippen LogP contribution in [0.4, 0.5) is 0 Å². The Hall–Kier alpha value is -1.44. The number of rotatable bonds is 7. The van der Waals surface area contributed by atoms with Crippen LogP contribution in [0.1, 0.15) is 55.4 Å². The van der Waals surface area contributed by atoms with Crippen LogP contribution in [0.15, 0.2) is 23.9 Å². The Labute approximate surface area is 188 Å². The van der Waals surface area contributed by atoms with Gasteiger partial charge in [0.25, 0.3) is 0 Å². The third-order valence-electron chi connectivity index (χ3n) is 7.14. The van der Waals surface area contributed by atoms with Crippen molar-refractivity contribution in [2.45, 2.75) is 91.8 Å². The molecule has 0 aromatic heterocycles. The van der Waals surface area contributed by atoms with Gasteiger partial charge in [-0.2, -0.15) is 0 Å². The van der Waals surface area contributed by atoms with Crippen LogP contribution in [0.3, 0.4) is 0 Å². The molecule has 2 aliphatic heterocycles. The van der Waals surface area contributed by atoms with E-state index in [0.717, 1.165) is 0 Å². The molecule has 0 aliphatic carbocycles. The van der Waals surface area contributed by atoms with Crippen LogP contribution in [-0.4, -0.2) is 55.1 Å². The molecule has 0 aromatic carbocycles. The molecule has 1 N–H and O–H groups in total. The van der Waals surface area contributed by atoms with Crippen LogP contribution in [0.2, 0.25) is 18.1 Å². The summed E-state index contributed by atoms with van der Waals surface area (Å²) in [5, 5.41) is 11.1. The van der Waals surface area contributed by atoms with E-state index in [0.29, 0.717) is 5.57 Å². The lowest BCUT2D eigenvalue weighted by Gasteiger charge is -2.50. The van der Waals surface area contributed by atoms with E-state index < -0.39 is 25.8 Å². The highest BCUT2D eigenvalue weighted by atomic mass is 28.4. The lowest BCUT2D eigenvalue weighted by molar-refractivity contribution is -0.163. The van der Waals surface area contributed by atoms with Gasteiger partial charge in [0.1, 0.15) is 12.3 Å². The Bertz CT molecular complexity index is 774. The smallest absolute Gasteiger partial charge is 0.355 e. The number of carbonyl (C=O) groups is 2. The van der Waals surface area contributed by atoms with Gasteiger partial charge in [-0.1, -0.05) is 61.1 Å². The van der Waals surface area contributed by atoms with Gasteiger partial charge in [0.05, 0.1) is 24.2 Å². The zero-order chi connectivity index (χ0) is 24.1. The molecule has 6 nitrogen and oxygen atoms in total. The van der Waals surface area contributed by atoms with Crippen LogP contribution < -0.4 is 0 Å². The fraction of sp³-hybridized carbons (Fsp3) is 0.750. The quantitative estimate of drug-likeness (QED) is 0.271. The van der Waals surface area contributed by atoms with Gasteiger partial charge in [-0.05, 0) is 36.0 Å². The Morgan fingerprint density at radius 2 is 1.81 bits per heavy atom. The SMILES string of the molecule is C=CCOC(=O)C1=C([C@@H](O)C(C)(C)C)[C@H](C)C2[C@@H]([C@@H](C)O[Si](C)(C)C(C)(C)C)C(=O)N12. The van der Waals surface area contributed by atoms with Crippen LogP contribution >= 0.6 is 0 Å². The summed E-state index contributed by atoms with van der Waals surface area (Å²) in [5.74, 6) is -1.24. The molecule has 2 aliphatic rings. The Balaban J connectivity index is 2.40. The summed E-state index contributed by atoms with van der Waals surface area (Å²) < 4.78 is 11.8. The number of fused-ring (bicyclic) bond motifs is 1. The van der Waals surface area contributed by atoms with Gasteiger partial charge in [0.2, 0.25) is 5.91 Å². The first kappa shape index (κ1) is 25.8. The van der Waals surface area contributed by atoms with E-state index in [1.54, 1.807) is 0 Å². The number of carbonyl (C=O) groups excluding carboxylic acids is 2. The van der Waals surface area contributed by atoms with E-state index in [2.05, 4.69) is 40.4 Å². The number of aliphatic hydroxyl groups is 1. The molecule has 0 spiro atoms. The minimum atomic E-state index is -2.07. The maximum absolute atomic E-state index is 13.3. The molecular formula is C24H41NO5Si. The summed E-state index contributed by atoms with van der Waals surface area (Å²) >= 11 is 0. The molecule has 0 radical (unpaired) electrons. The van der Waals surface area contributed by atoms with Crippen molar-refractivity contribution < 1.29 is 23.9 Å². The third kappa shape index (κ3) is 4.55. The van der Waals surface area contributed by atoms with Gasteiger partial charge in [-0.3, -0.25) is 4.79 Å². The molecule has 31 heavy (non-hydrogen) atoms. The molecule has 0 saturated carbocycles. The van der Waals surface area contributed by atoms with E-state index in [4.69, 9.17) is 9.16 Å². The average molecular weight is 452 g/mol. The molecule has 0 bridgehead atoms. The standard InChI is InChI=1S/C24H41NO5Si/c1-12-13-29-22(28)19-16(20(26)23(4,5)6)14(2)18-17(21(27)25(18)19)15(3)30-31(10,11)24(7,8)9/h12,14-15,17-18,20,26H,1,13H2,2-11H3/t14-,15+,17+,18?,20+/m0/s1. The topological polar surface area (TPSA) is 76.1 Å². The van der Waals surface area contributed by atoms with Crippen molar-refractivity contribution in [1.29, 1.82) is 0 Å². The molecule has 1 unspecified atom stereocenters. The predicted octanol–water partition coefficient (Wildman–Crippen LogP) is 4.26. The van der Waals surface area contributed by atoms with E-state index in [1.165, 1.54) is 11.0 Å². The van der Waals surface area contributed by atoms with E-state index in [1.807, 2.05) is 34.6 Å². The van der Waals surface area contributed by atoms with Crippen LogP contribution in [0.25, 0.3) is 0 Å². The van der Waals surface area contributed by atoms with Crippen molar-refractivity contribution in [1.82, 2.24) is 4.90 Å². The van der Waals surface area contributed by atoms with Crippen molar-refractivity contribution in [3.63, 3.8) is 0 Å². The average Bonchev–Trinajstić information content (AvgIpc) is 2.85. The van der Waals surface area contributed by atoms with Crippen molar-refractivity contribution in [3.05, 3.63) is 23.9 Å². The van der Waals surface area contributed by atoms with Crippen molar-refractivity contribution in [3.8, 4) is 0 Å². The monoisotopic (exact) mass is 451 g/mol. The first-order chi connectivity index (χ1) is 14.0. The third-order valence-corrected chi connectivity index (χ3v) is 11.7. The van der Waals surface area contributed by atoms with E-state index in [9.17, 15) is 14.7 Å². The maximum Gasteiger partial charge on any atom is 0.355 e. The Morgan fingerprint density at radius 1 is 1.26 bits per heavy atom. The van der Waals surface area contributed by atoms with Crippen LogP contribution in [0, 0.1) is 17.3 Å². The summed E-state index contributed by atoms with van der Waals surface area (Å²) in [6, 6.07) is -0.217. The summed E-state index contributed by atoms with van der Waals surface area (Å²) in [7, 11) is -2.07. The van der Waals surface area contributed by atoms with Gasteiger partial charge in [-0.15, -0.1) is 0 Å². The molecular weight excluding hydrogens is 410 g/mol. The molecule has 1 fully saturated rings. The summed E-state index contributed by atoms with van der Waals surface area (Å²) in [5.41, 5.74) is 0.296. The lowest BCUT2D eigenvalue weighted by Crippen LogP contribution is -2.65. The van der Waals surface area contributed by atoms with Gasteiger partial charge in [0, 0.05) is 5.92 Å². The fourth-order valence-electron chi connectivity index (χ4n) is 4.32. The van der Waals surface area contributed by atoms with Crippen molar-refractivity contribution >= 4 is 20.2 Å². The second-order valence-electron chi connectivity index (χ2n) is 11.6. The normalized spacial score (nSPS) is 26.4. The number of aliphatic hydroxyl groups excluding tert-OH is 1. The number of hydrogen-bond acceptors (Lipinski definition) is 5. The first-order valence-electron chi connectivity index (χ1n) is 11.2. The van der Waals surface area contributed by atoms with Crippen molar-refractivity contribution in [2.75, 3.05) is 6.61 Å². The number of hydrogen-bond donors (Lipinski definition) is 1. The summed E-state index contributed by atoms with van der Waals surface area (Å²) in [6.45, 7) is 24.2. The van der Waals surface area contributed by atoms with Crippen molar-refractivity contribution in [2.24, 2.45) is 17.3 Å². The molecule has 5 atom stereocenters. The maximum atomic E-state index is 13.3. The summed E-state index contributed by atoms with van der Waals surface area (Å²) in [6.07, 6.45) is 0.349. The van der Waals surface area contributed by atoms with Gasteiger partial charge in [-0.25, -0.2) is 4.79 Å². The van der Waals surface area contributed by atoms with Crippen LogP contribution in [0.5, 0.6) is 0 Å². The highest BCUT2D eigenvalue weighted by Crippen LogP contribution is 2.51.